The Morgan fingerprint density at radius 2 is 1.26 bits per heavy atom. The van der Waals surface area contributed by atoms with Crippen molar-refractivity contribution in [2.75, 3.05) is 0 Å². The molecule has 1 aliphatic rings. The third-order valence-electron chi connectivity index (χ3n) is 3.43. The van der Waals surface area contributed by atoms with E-state index < -0.39 is 0 Å². The summed E-state index contributed by atoms with van der Waals surface area (Å²) in [5.74, 6) is 0. The molecule has 0 unspecified atom stereocenters. The lowest BCUT2D eigenvalue weighted by Crippen LogP contribution is -1.93. The first-order chi connectivity index (χ1) is 9.36. The van der Waals surface area contributed by atoms with Gasteiger partial charge >= 0.3 is 0 Å². The van der Waals surface area contributed by atoms with Gasteiger partial charge in [0.1, 0.15) is 0 Å². The molecular formula is C19H16. The van der Waals surface area contributed by atoms with Crippen molar-refractivity contribution in [3.63, 3.8) is 0 Å². The Balaban J connectivity index is 2.24. The average Bonchev–Trinajstić information content (AvgIpc) is 2.88. The molecule has 0 aromatic heterocycles. The van der Waals surface area contributed by atoms with Gasteiger partial charge in [0.05, 0.1) is 0 Å². The molecule has 0 bridgehead atoms. The normalized spacial score (nSPS) is 13.5. The second kappa shape index (κ2) is 5.11. The van der Waals surface area contributed by atoms with Crippen LogP contribution >= 0.6 is 0 Å². The lowest BCUT2D eigenvalue weighted by molar-refractivity contribution is 1.44. The molecule has 1 aliphatic carbocycles. The van der Waals surface area contributed by atoms with Crippen molar-refractivity contribution in [2.45, 2.75) is 6.92 Å². The highest BCUT2D eigenvalue weighted by atomic mass is 14.2. The van der Waals surface area contributed by atoms with E-state index in [2.05, 4.69) is 85.8 Å². The van der Waals surface area contributed by atoms with Gasteiger partial charge in [-0.3, -0.25) is 0 Å². The molecule has 0 amide bonds. The zero-order valence-electron chi connectivity index (χ0n) is 11.0. The lowest BCUT2D eigenvalue weighted by atomic mass is 9.91. The smallest absolute Gasteiger partial charge is 0.00362 e. The summed E-state index contributed by atoms with van der Waals surface area (Å²) in [6, 6.07) is 21.2. The summed E-state index contributed by atoms with van der Waals surface area (Å²) in [5, 5.41) is 0. The Bertz CT molecular complexity index is 614. The van der Waals surface area contributed by atoms with E-state index in [1.54, 1.807) is 0 Å². The fraction of sp³-hybridized carbons (Fsp3) is 0.0526. The molecule has 0 heteroatoms. The molecule has 0 spiro atoms. The Morgan fingerprint density at radius 3 is 1.68 bits per heavy atom. The molecule has 0 saturated heterocycles. The van der Waals surface area contributed by atoms with Gasteiger partial charge in [-0.1, -0.05) is 78.9 Å². The van der Waals surface area contributed by atoms with Gasteiger partial charge in [0.15, 0.2) is 0 Å². The standard InChI is InChI=1S/C19H16/c1-15-9-8-14-18(15)19(16-10-4-2-5-11-16)17-12-6-3-7-13-17/h2-14H,1H3. The van der Waals surface area contributed by atoms with Crippen LogP contribution in [0.15, 0.2) is 90.0 Å². The molecule has 2 aromatic carbocycles. The molecule has 2 aromatic rings. The molecule has 0 fully saturated rings. The molecule has 0 atom stereocenters. The SMILES string of the molecule is CC1=CC=CC1=C(c1ccccc1)c1ccccc1. The highest BCUT2D eigenvalue weighted by Crippen LogP contribution is 2.33. The summed E-state index contributed by atoms with van der Waals surface area (Å²) in [6.07, 6.45) is 6.49. The Labute approximate surface area is 114 Å². The van der Waals surface area contributed by atoms with Crippen molar-refractivity contribution >= 4 is 5.57 Å². The van der Waals surface area contributed by atoms with Crippen molar-refractivity contribution in [1.82, 2.24) is 0 Å². The average molecular weight is 244 g/mol. The molecule has 92 valence electrons. The van der Waals surface area contributed by atoms with Crippen molar-refractivity contribution in [3.8, 4) is 0 Å². The number of hydrogen-bond acceptors (Lipinski definition) is 0. The van der Waals surface area contributed by atoms with E-state index in [0.29, 0.717) is 0 Å². The molecule has 0 N–H and O–H groups in total. The summed E-state index contributed by atoms with van der Waals surface area (Å²) >= 11 is 0. The Morgan fingerprint density at radius 1 is 0.737 bits per heavy atom. The van der Waals surface area contributed by atoms with E-state index in [0.717, 1.165) is 0 Å². The maximum Gasteiger partial charge on any atom is -0.00362 e. The molecule has 0 nitrogen and oxygen atoms in total. The van der Waals surface area contributed by atoms with Gasteiger partial charge in [0, 0.05) is 0 Å². The van der Waals surface area contributed by atoms with Gasteiger partial charge in [0.25, 0.3) is 0 Å². The maximum absolute atomic E-state index is 2.20. The Hall–Kier alpha value is -2.34. The van der Waals surface area contributed by atoms with Crippen molar-refractivity contribution in [2.24, 2.45) is 0 Å². The topological polar surface area (TPSA) is 0 Å². The van der Waals surface area contributed by atoms with E-state index >= 15 is 0 Å². The summed E-state index contributed by atoms with van der Waals surface area (Å²) in [4.78, 5) is 0. The third kappa shape index (κ3) is 2.30. The van der Waals surface area contributed by atoms with Crippen LogP contribution in [0.1, 0.15) is 18.1 Å². The minimum atomic E-state index is 1.27. The van der Waals surface area contributed by atoms with Gasteiger partial charge in [-0.05, 0) is 34.8 Å². The largest absolute Gasteiger partial charge is 0.0622 e. The maximum atomic E-state index is 2.20. The summed E-state index contributed by atoms with van der Waals surface area (Å²) in [7, 11) is 0. The van der Waals surface area contributed by atoms with Crippen LogP contribution in [0.2, 0.25) is 0 Å². The highest BCUT2D eigenvalue weighted by Gasteiger charge is 2.12. The molecule has 19 heavy (non-hydrogen) atoms. The van der Waals surface area contributed by atoms with Crippen LogP contribution in [0.3, 0.4) is 0 Å². The van der Waals surface area contributed by atoms with Crippen molar-refractivity contribution in [1.29, 1.82) is 0 Å². The van der Waals surface area contributed by atoms with Gasteiger partial charge in [-0.25, -0.2) is 0 Å². The van der Waals surface area contributed by atoms with Crippen LogP contribution in [-0.2, 0) is 0 Å². The second-order valence-corrected chi connectivity index (χ2v) is 4.73. The van der Waals surface area contributed by atoms with Gasteiger partial charge in [-0.15, -0.1) is 0 Å². The quantitative estimate of drug-likeness (QED) is 0.697. The third-order valence-corrected chi connectivity index (χ3v) is 3.43. The summed E-state index contributed by atoms with van der Waals surface area (Å²) < 4.78 is 0. The minimum absolute atomic E-state index is 1.27. The van der Waals surface area contributed by atoms with Crippen molar-refractivity contribution < 1.29 is 0 Å². The van der Waals surface area contributed by atoms with E-state index in [4.69, 9.17) is 0 Å². The molecule has 0 aliphatic heterocycles. The first-order valence-electron chi connectivity index (χ1n) is 6.57. The predicted octanol–water partition coefficient (Wildman–Crippen LogP) is 5.00. The zero-order valence-corrected chi connectivity index (χ0v) is 11.0. The molecule has 3 rings (SSSR count). The van der Waals surface area contributed by atoms with E-state index in [1.807, 2.05) is 0 Å². The van der Waals surface area contributed by atoms with Gasteiger partial charge in [0.2, 0.25) is 0 Å². The fourth-order valence-electron chi connectivity index (χ4n) is 2.48. The van der Waals surface area contributed by atoms with Crippen molar-refractivity contribution in [3.05, 3.63) is 101 Å². The number of rotatable bonds is 2. The van der Waals surface area contributed by atoms with Crippen LogP contribution in [-0.4, -0.2) is 0 Å². The van der Waals surface area contributed by atoms with E-state index in [-0.39, 0.29) is 0 Å². The predicted molar refractivity (Wildman–Crippen MR) is 81.8 cm³/mol. The first-order valence-corrected chi connectivity index (χ1v) is 6.57. The van der Waals surface area contributed by atoms with E-state index in [9.17, 15) is 0 Å². The zero-order chi connectivity index (χ0) is 13.1. The van der Waals surface area contributed by atoms with Crippen LogP contribution < -0.4 is 0 Å². The lowest BCUT2D eigenvalue weighted by Gasteiger charge is -2.13. The van der Waals surface area contributed by atoms with Gasteiger partial charge in [-0.2, -0.15) is 0 Å². The van der Waals surface area contributed by atoms with Crippen LogP contribution in [0.5, 0.6) is 0 Å². The van der Waals surface area contributed by atoms with Crippen LogP contribution in [0, 0.1) is 0 Å². The van der Waals surface area contributed by atoms with Crippen LogP contribution in [0.4, 0.5) is 0 Å². The minimum Gasteiger partial charge on any atom is -0.0622 e. The molecule has 0 radical (unpaired) electrons. The molecule has 0 saturated carbocycles. The summed E-state index contributed by atoms with van der Waals surface area (Å²) in [6.45, 7) is 2.17. The fourth-order valence-corrected chi connectivity index (χ4v) is 2.48. The van der Waals surface area contributed by atoms with Crippen LogP contribution in [0.25, 0.3) is 5.57 Å². The second-order valence-electron chi connectivity index (χ2n) is 4.73. The molecular weight excluding hydrogens is 228 g/mol. The number of benzene rings is 2. The highest BCUT2D eigenvalue weighted by molar-refractivity contribution is 5.87. The number of allylic oxidation sites excluding steroid dienone is 5. The molecule has 0 heterocycles. The Kier molecular flexibility index (Phi) is 3.16. The first kappa shape index (κ1) is 11.7. The summed E-state index contributed by atoms with van der Waals surface area (Å²) in [5.41, 5.74) is 6.48. The van der Waals surface area contributed by atoms with E-state index in [1.165, 1.54) is 27.8 Å². The van der Waals surface area contributed by atoms with Gasteiger partial charge < -0.3 is 0 Å². The monoisotopic (exact) mass is 244 g/mol. The number of hydrogen-bond donors (Lipinski definition) is 0.